The summed E-state index contributed by atoms with van der Waals surface area (Å²) in [4.78, 5) is 41.0. The SMILES string of the molecule is CCCNC(=O)[C@H](C)Sc1nc2ccccc2c(=O)n1CC(=O)OC. The number of fused-ring (bicyclic) bond motifs is 1. The van der Waals surface area contributed by atoms with E-state index >= 15 is 0 Å². The quantitative estimate of drug-likeness (QED) is 0.456. The van der Waals surface area contributed by atoms with Gasteiger partial charge < -0.3 is 10.1 Å². The van der Waals surface area contributed by atoms with Crippen molar-refractivity contribution in [1.82, 2.24) is 14.9 Å². The first kappa shape index (κ1) is 19.0. The number of rotatable bonds is 7. The van der Waals surface area contributed by atoms with Gasteiger partial charge in [-0.25, -0.2) is 4.98 Å². The lowest BCUT2D eigenvalue weighted by Crippen LogP contribution is -2.33. The van der Waals surface area contributed by atoms with E-state index in [-0.39, 0.29) is 18.0 Å². The van der Waals surface area contributed by atoms with Crippen molar-refractivity contribution in [2.45, 2.75) is 37.2 Å². The van der Waals surface area contributed by atoms with E-state index in [1.807, 2.05) is 6.92 Å². The molecule has 0 bridgehead atoms. The summed E-state index contributed by atoms with van der Waals surface area (Å²) in [5, 5.41) is 3.08. The molecular formula is C17H21N3O4S. The molecule has 1 aromatic heterocycles. The Hall–Kier alpha value is -2.35. The van der Waals surface area contributed by atoms with Gasteiger partial charge in [0.1, 0.15) is 6.54 Å². The van der Waals surface area contributed by atoms with Crippen LogP contribution >= 0.6 is 11.8 Å². The van der Waals surface area contributed by atoms with Gasteiger partial charge in [0.25, 0.3) is 5.56 Å². The van der Waals surface area contributed by atoms with E-state index in [4.69, 9.17) is 0 Å². The molecule has 1 heterocycles. The summed E-state index contributed by atoms with van der Waals surface area (Å²) in [5.41, 5.74) is 0.192. The topological polar surface area (TPSA) is 90.3 Å². The van der Waals surface area contributed by atoms with Crippen LogP contribution in [0.5, 0.6) is 0 Å². The van der Waals surface area contributed by atoms with E-state index in [0.717, 1.165) is 18.2 Å². The number of thioether (sulfide) groups is 1. The van der Waals surface area contributed by atoms with Gasteiger partial charge in [0, 0.05) is 6.54 Å². The maximum Gasteiger partial charge on any atom is 0.325 e. The molecule has 0 unspecified atom stereocenters. The van der Waals surface area contributed by atoms with Gasteiger partial charge in [0.05, 0.1) is 23.3 Å². The summed E-state index contributed by atoms with van der Waals surface area (Å²) in [7, 11) is 1.26. The Bertz CT molecular complexity index is 834. The van der Waals surface area contributed by atoms with Crippen molar-refractivity contribution < 1.29 is 14.3 Å². The third-order valence-corrected chi connectivity index (χ3v) is 4.63. The molecule has 1 N–H and O–H groups in total. The van der Waals surface area contributed by atoms with Crippen molar-refractivity contribution in [2.24, 2.45) is 0 Å². The van der Waals surface area contributed by atoms with Crippen molar-refractivity contribution in [3.8, 4) is 0 Å². The normalized spacial score (nSPS) is 12.0. The van der Waals surface area contributed by atoms with E-state index in [0.29, 0.717) is 22.6 Å². The molecule has 7 nitrogen and oxygen atoms in total. The average Bonchev–Trinajstić information content (AvgIpc) is 2.62. The molecule has 1 aromatic carbocycles. The average molecular weight is 363 g/mol. The fraction of sp³-hybridized carbons (Fsp3) is 0.412. The summed E-state index contributed by atoms with van der Waals surface area (Å²) in [6.07, 6.45) is 0.838. The fourth-order valence-corrected chi connectivity index (χ4v) is 3.11. The molecule has 2 rings (SSSR count). The highest BCUT2D eigenvalue weighted by atomic mass is 32.2. The number of aromatic nitrogens is 2. The van der Waals surface area contributed by atoms with E-state index in [1.165, 1.54) is 11.7 Å². The van der Waals surface area contributed by atoms with Gasteiger partial charge in [-0.2, -0.15) is 0 Å². The maximum absolute atomic E-state index is 12.7. The van der Waals surface area contributed by atoms with Gasteiger partial charge in [-0.05, 0) is 25.5 Å². The Morgan fingerprint density at radius 2 is 2.08 bits per heavy atom. The third-order valence-electron chi connectivity index (χ3n) is 3.54. The minimum atomic E-state index is -0.552. The Balaban J connectivity index is 2.42. The summed E-state index contributed by atoms with van der Waals surface area (Å²) in [6.45, 7) is 4.04. The molecule has 1 amide bonds. The fourth-order valence-electron chi connectivity index (χ4n) is 2.17. The molecular weight excluding hydrogens is 342 g/mol. The van der Waals surface area contributed by atoms with Gasteiger partial charge in [0.2, 0.25) is 5.91 Å². The number of carbonyl (C=O) groups excluding carboxylic acids is 2. The number of hydrogen-bond acceptors (Lipinski definition) is 6. The van der Waals surface area contributed by atoms with Crippen molar-refractivity contribution >= 4 is 34.5 Å². The van der Waals surface area contributed by atoms with E-state index in [9.17, 15) is 14.4 Å². The van der Waals surface area contributed by atoms with Crippen molar-refractivity contribution in [3.63, 3.8) is 0 Å². The zero-order valence-electron chi connectivity index (χ0n) is 14.4. The minimum Gasteiger partial charge on any atom is -0.468 e. The summed E-state index contributed by atoms with van der Waals surface area (Å²) >= 11 is 1.14. The van der Waals surface area contributed by atoms with Crippen LogP contribution in [0.1, 0.15) is 20.3 Å². The molecule has 25 heavy (non-hydrogen) atoms. The Morgan fingerprint density at radius 3 is 2.76 bits per heavy atom. The number of hydrogen-bond donors (Lipinski definition) is 1. The van der Waals surface area contributed by atoms with Crippen molar-refractivity contribution in [3.05, 3.63) is 34.6 Å². The second-order valence-corrected chi connectivity index (χ2v) is 6.74. The van der Waals surface area contributed by atoms with Crippen LogP contribution in [-0.2, 0) is 20.9 Å². The van der Waals surface area contributed by atoms with Crippen molar-refractivity contribution in [2.75, 3.05) is 13.7 Å². The highest BCUT2D eigenvalue weighted by Gasteiger charge is 2.20. The molecule has 0 aliphatic carbocycles. The van der Waals surface area contributed by atoms with Gasteiger partial charge in [-0.3, -0.25) is 19.0 Å². The number of amides is 1. The molecule has 1 atom stereocenters. The summed E-state index contributed by atoms with van der Waals surface area (Å²) in [6, 6.07) is 6.90. The van der Waals surface area contributed by atoms with Crippen LogP contribution in [0.15, 0.2) is 34.2 Å². The molecule has 0 saturated carbocycles. The lowest BCUT2D eigenvalue weighted by Gasteiger charge is -2.15. The number of methoxy groups -OCH3 is 1. The standard InChI is InChI=1S/C17H21N3O4S/c1-4-9-18-15(22)11(2)25-17-19-13-8-6-5-7-12(13)16(23)20(17)10-14(21)24-3/h5-8,11H,4,9-10H2,1-3H3,(H,18,22)/t11-/m0/s1. The first-order valence-electron chi connectivity index (χ1n) is 7.98. The lowest BCUT2D eigenvalue weighted by molar-refractivity contribution is -0.141. The predicted molar refractivity (Wildman–Crippen MR) is 96.6 cm³/mol. The molecule has 0 aliphatic heterocycles. The molecule has 0 saturated heterocycles. The zero-order chi connectivity index (χ0) is 18.4. The second-order valence-electron chi connectivity index (χ2n) is 5.43. The third kappa shape index (κ3) is 4.60. The van der Waals surface area contributed by atoms with Crippen LogP contribution < -0.4 is 10.9 Å². The van der Waals surface area contributed by atoms with Gasteiger partial charge in [-0.1, -0.05) is 30.8 Å². The van der Waals surface area contributed by atoms with Gasteiger partial charge in [0.15, 0.2) is 5.16 Å². The van der Waals surface area contributed by atoms with Crippen LogP contribution in [0.25, 0.3) is 10.9 Å². The van der Waals surface area contributed by atoms with Gasteiger partial charge >= 0.3 is 5.97 Å². The number of nitrogens with zero attached hydrogens (tertiary/aromatic N) is 2. The number of benzene rings is 1. The number of ether oxygens (including phenoxy) is 1. The van der Waals surface area contributed by atoms with E-state index < -0.39 is 11.2 Å². The van der Waals surface area contributed by atoms with Crippen molar-refractivity contribution in [1.29, 1.82) is 0 Å². The van der Waals surface area contributed by atoms with Gasteiger partial charge in [-0.15, -0.1) is 0 Å². The second kappa shape index (κ2) is 8.66. The molecule has 0 fully saturated rings. The van der Waals surface area contributed by atoms with E-state index in [1.54, 1.807) is 31.2 Å². The van der Waals surface area contributed by atoms with Crippen LogP contribution in [0, 0.1) is 0 Å². The lowest BCUT2D eigenvalue weighted by atomic mass is 10.2. The summed E-state index contributed by atoms with van der Waals surface area (Å²) in [5.74, 6) is -0.692. The maximum atomic E-state index is 12.7. The van der Waals surface area contributed by atoms with Crippen LogP contribution in [0.2, 0.25) is 0 Å². The first-order chi connectivity index (χ1) is 12.0. The molecule has 2 aromatic rings. The molecule has 0 radical (unpaired) electrons. The monoisotopic (exact) mass is 363 g/mol. The predicted octanol–water partition coefficient (Wildman–Crippen LogP) is 1.58. The molecule has 134 valence electrons. The number of carbonyl (C=O) groups is 2. The number of para-hydroxylation sites is 1. The first-order valence-corrected chi connectivity index (χ1v) is 8.86. The Morgan fingerprint density at radius 1 is 1.36 bits per heavy atom. The minimum absolute atomic E-state index is 0.140. The highest BCUT2D eigenvalue weighted by Crippen LogP contribution is 2.22. The van der Waals surface area contributed by atoms with E-state index in [2.05, 4.69) is 15.0 Å². The van der Waals surface area contributed by atoms with Crippen LogP contribution in [-0.4, -0.2) is 40.3 Å². The largest absolute Gasteiger partial charge is 0.468 e. The highest BCUT2D eigenvalue weighted by molar-refractivity contribution is 8.00. The van der Waals surface area contributed by atoms with Crippen LogP contribution in [0.4, 0.5) is 0 Å². The van der Waals surface area contributed by atoms with Crippen LogP contribution in [0.3, 0.4) is 0 Å². The molecule has 8 heteroatoms. The smallest absolute Gasteiger partial charge is 0.325 e. The number of nitrogens with one attached hydrogen (secondary N) is 1. The molecule has 0 aliphatic rings. The Kier molecular flexibility index (Phi) is 6.58. The zero-order valence-corrected chi connectivity index (χ0v) is 15.3. The summed E-state index contributed by atoms with van der Waals surface area (Å²) < 4.78 is 5.92. The number of esters is 1. The molecule has 0 spiro atoms. The Labute approximate surface area is 149 Å².